The van der Waals surface area contributed by atoms with Gasteiger partial charge in [0.1, 0.15) is 0 Å². The lowest BCUT2D eigenvalue weighted by Gasteiger charge is -2.23. The quantitative estimate of drug-likeness (QED) is 0.915. The second-order valence-electron chi connectivity index (χ2n) is 6.86. The summed E-state index contributed by atoms with van der Waals surface area (Å²) in [4.78, 5) is 0. The molecule has 0 aliphatic heterocycles. The average Bonchev–Trinajstić information content (AvgIpc) is 2.84. The molecule has 3 nitrogen and oxygen atoms in total. The molecule has 0 aliphatic carbocycles. The van der Waals surface area contributed by atoms with Crippen LogP contribution in [0.3, 0.4) is 0 Å². The van der Waals surface area contributed by atoms with Gasteiger partial charge in [-0.15, -0.1) is 0 Å². The number of nitrogens with one attached hydrogen (secondary N) is 1. The Morgan fingerprint density at radius 2 is 1.62 bits per heavy atom. The minimum atomic E-state index is 0.206. The van der Waals surface area contributed by atoms with E-state index in [0.717, 1.165) is 0 Å². The highest BCUT2D eigenvalue weighted by molar-refractivity contribution is 5.29. The normalized spacial score (nSPS) is 15.0. The van der Waals surface area contributed by atoms with Gasteiger partial charge < -0.3 is 5.32 Å². The molecule has 0 amide bonds. The van der Waals surface area contributed by atoms with E-state index >= 15 is 0 Å². The Bertz CT molecular complexity index is 575. The van der Waals surface area contributed by atoms with Gasteiger partial charge in [-0.05, 0) is 36.5 Å². The molecular formula is C18H27N3. The van der Waals surface area contributed by atoms with Crippen LogP contribution in [0.1, 0.15) is 63.5 Å². The predicted octanol–water partition coefficient (Wildman–Crippen LogP) is 4.13. The van der Waals surface area contributed by atoms with Gasteiger partial charge in [0.2, 0.25) is 0 Å². The first-order valence-electron chi connectivity index (χ1n) is 7.63. The van der Waals surface area contributed by atoms with Gasteiger partial charge >= 0.3 is 0 Å². The molecule has 114 valence electrons. The first-order valence-corrected chi connectivity index (χ1v) is 7.63. The van der Waals surface area contributed by atoms with Gasteiger partial charge in [-0.1, -0.05) is 45.0 Å². The molecule has 0 bridgehead atoms. The highest BCUT2D eigenvalue weighted by atomic mass is 15.3. The van der Waals surface area contributed by atoms with Crippen molar-refractivity contribution in [1.82, 2.24) is 15.1 Å². The third-order valence-electron chi connectivity index (χ3n) is 4.08. The van der Waals surface area contributed by atoms with E-state index in [4.69, 9.17) is 0 Å². The maximum absolute atomic E-state index is 4.23. The fraction of sp³-hybridized carbons (Fsp3) is 0.500. The minimum absolute atomic E-state index is 0.206. The Morgan fingerprint density at radius 1 is 1.00 bits per heavy atom. The summed E-state index contributed by atoms with van der Waals surface area (Å²) in [6.07, 6.45) is 1.84. The van der Waals surface area contributed by atoms with Crippen LogP contribution < -0.4 is 5.32 Å². The van der Waals surface area contributed by atoms with Crippen LogP contribution in [0.5, 0.6) is 0 Å². The molecule has 3 heteroatoms. The SMILES string of the molecule is CC(NC(C)c1ccnn1C)c1ccc(C(C)(C)C)cc1. The van der Waals surface area contributed by atoms with E-state index in [2.05, 4.69) is 75.4 Å². The van der Waals surface area contributed by atoms with E-state index in [1.165, 1.54) is 16.8 Å². The predicted molar refractivity (Wildman–Crippen MR) is 88.3 cm³/mol. The zero-order chi connectivity index (χ0) is 15.6. The number of rotatable bonds is 4. The lowest BCUT2D eigenvalue weighted by atomic mass is 9.86. The Balaban J connectivity index is 2.07. The van der Waals surface area contributed by atoms with Gasteiger partial charge in [-0.3, -0.25) is 4.68 Å². The molecule has 1 aromatic heterocycles. The second-order valence-corrected chi connectivity index (χ2v) is 6.86. The van der Waals surface area contributed by atoms with Gasteiger partial charge in [0.25, 0.3) is 0 Å². The molecule has 0 radical (unpaired) electrons. The lowest BCUT2D eigenvalue weighted by Crippen LogP contribution is -2.24. The molecule has 0 fully saturated rings. The molecule has 2 aromatic rings. The molecule has 1 N–H and O–H groups in total. The molecule has 0 spiro atoms. The number of aryl methyl sites for hydroxylation is 1. The molecule has 1 heterocycles. The molecule has 0 saturated carbocycles. The summed E-state index contributed by atoms with van der Waals surface area (Å²) in [5, 5.41) is 7.87. The molecular weight excluding hydrogens is 258 g/mol. The van der Waals surface area contributed by atoms with Crippen molar-refractivity contribution in [3.8, 4) is 0 Å². The van der Waals surface area contributed by atoms with E-state index in [0.29, 0.717) is 6.04 Å². The largest absolute Gasteiger partial charge is 0.302 e. The van der Waals surface area contributed by atoms with Crippen molar-refractivity contribution in [2.75, 3.05) is 0 Å². The van der Waals surface area contributed by atoms with Crippen molar-refractivity contribution in [2.45, 2.75) is 52.1 Å². The van der Waals surface area contributed by atoms with Gasteiger partial charge in [-0.25, -0.2) is 0 Å². The first kappa shape index (κ1) is 15.8. The van der Waals surface area contributed by atoms with Crippen LogP contribution in [-0.4, -0.2) is 9.78 Å². The summed E-state index contributed by atoms with van der Waals surface area (Å²) in [7, 11) is 1.98. The molecule has 2 unspecified atom stereocenters. The van der Waals surface area contributed by atoms with Gasteiger partial charge in [0, 0.05) is 25.3 Å². The van der Waals surface area contributed by atoms with Crippen LogP contribution in [0.15, 0.2) is 36.5 Å². The van der Waals surface area contributed by atoms with E-state index in [1.54, 1.807) is 0 Å². The summed E-state index contributed by atoms with van der Waals surface area (Å²) in [6, 6.07) is 11.6. The van der Waals surface area contributed by atoms with Crippen LogP contribution in [0.2, 0.25) is 0 Å². The number of nitrogens with zero attached hydrogens (tertiary/aromatic N) is 2. The van der Waals surface area contributed by atoms with Crippen molar-refractivity contribution in [2.24, 2.45) is 7.05 Å². The van der Waals surface area contributed by atoms with Crippen molar-refractivity contribution in [3.05, 3.63) is 53.3 Å². The third kappa shape index (κ3) is 3.73. The summed E-state index contributed by atoms with van der Waals surface area (Å²) in [5.74, 6) is 0. The first-order chi connectivity index (χ1) is 9.79. The summed E-state index contributed by atoms with van der Waals surface area (Å²) in [6.45, 7) is 11.1. The van der Waals surface area contributed by atoms with E-state index in [-0.39, 0.29) is 11.5 Å². The van der Waals surface area contributed by atoms with Crippen LogP contribution in [0.4, 0.5) is 0 Å². The topological polar surface area (TPSA) is 29.9 Å². The molecule has 0 saturated heterocycles. The number of benzene rings is 1. The maximum Gasteiger partial charge on any atom is 0.0547 e. The number of aromatic nitrogens is 2. The van der Waals surface area contributed by atoms with E-state index in [9.17, 15) is 0 Å². The van der Waals surface area contributed by atoms with Crippen molar-refractivity contribution in [3.63, 3.8) is 0 Å². The summed E-state index contributed by atoms with van der Waals surface area (Å²) in [5.41, 5.74) is 4.10. The van der Waals surface area contributed by atoms with Gasteiger partial charge in [-0.2, -0.15) is 5.10 Å². The van der Waals surface area contributed by atoms with Crippen molar-refractivity contribution < 1.29 is 0 Å². The van der Waals surface area contributed by atoms with Crippen molar-refractivity contribution >= 4 is 0 Å². The summed E-state index contributed by atoms with van der Waals surface area (Å²) >= 11 is 0. The third-order valence-corrected chi connectivity index (χ3v) is 4.08. The molecule has 0 aliphatic rings. The Kier molecular flexibility index (Phi) is 4.52. The zero-order valence-electron chi connectivity index (χ0n) is 14.0. The molecule has 1 aromatic carbocycles. The van der Waals surface area contributed by atoms with Gasteiger partial charge in [0.05, 0.1) is 5.69 Å². The summed E-state index contributed by atoms with van der Waals surface area (Å²) < 4.78 is 1.92. The fourth-order valence-corrected chi connectivity index (χ4v) is 2.64. The van der Waals surface area contributed by atoms with Crippen LogP contribution in [0.25, 0.3) is 0 Å². The minimum Gasteiger partial charge on any atom is -0.302 e. The zero-order valence-corrected chi connectivity index (χ0v) is 14.0. The van der Waals surface area contributed by atoms with Crippen LogP contribution in [0, 0.1) is 0 Å². The molecule has 2 rings (SSSR count). The Labute approximate surface area is 128 Å². The molecule has 21 heavy (non-hydrogen) atoms. The Morgan fingerprint density at radius 3 is 2.10 bits per heavy atom. The lowest BCUT2D eigenvalue weighted by molar-refractivity contribution is 0.469. The highest BCUT2D eigenvalue weighted by Gasteiger charge is 2.16. The number of hydrogen-bond donors (Lipinski definition) is 1. The van der Waals surface area contributed by atoms with Gasteiger partial charge in [0.15, 0.2) is 0 Å². The smallest absolute Gasteiger partial charge is 0.0547 e. The highest BCUT2D eigenvalue weighted by Crippen LogP contribution is 2.25. The fourth-order valence-electron chi connectivity index (χ4n) is 2.64. The van der Waals surface area contributed by atoms with Crippen LogP contribution >= 0.6 is 0 Å². The molecule has 2 atom stereocenters. The standard InChI is InChI=1S/C18H27N3/c1-13(20-14(2)17-11-12-19-21(17)6)15-7-9-16(10-8-15)18(3,4)5/h7-14,20H,1-6H3. The van der Waals surface area contributed by atoms with Crippen LogP contribution in [-0.2, 0) is 12.5 Å². The average molecular weight is 285 g/mol. The maximum atomic E-state index is 4.23. The van der Waals surface area contributed by atoms with E-state index < -0.39 is 0 Å². The second kappa shape index (κ2) is 6.02. The van der Waals surface area contributed by atoms with Crippen molar-refractivity contribution in [1.29, 1.82) is 0 Å². The monoisotopic (exact) mass is 285 g/mol. The Hall–Kier alpha value is -1.61. The number of hydrogen-bond acceptors (Lipinski definition) is 2. The van der Waals surface area contributed by atoms with E-state index in [1.807, 2.05) is 17.9 Å².